The van der Waals surface area contributed by atoms with Gasteiger partial charge in [0.05, 0.1) is 18.7 Å². The van der Waals surface area contributed by atoms with Crippen LogP contribution in [0.2, 0.25) is 0 Å². The Kier molecular flexibility index (Phi) is 5.57. The SMILES string of the molecule is COc1ccc2nn(C3CCC(CNC(=O)c4cc(F)c(O)c(F)c4)CC3)cc2c1. The number of hydrogen-bond acceptors (Lipinski definition) is 4. The summed E-state index contributed by atoms with van der Waals surface area (Å²) in [6.07, 6.45) is 5.76. The van der Waals surface area contributed by atoms with Crippen molar-refractivity contribution in [2.75, 3.05) is 13.7 Å². The van der Waals surface area contributed by atoms with E-state index in [4.69, 9.17) is 9.84 Å². The van der Waals surface area contributed by atoms with Crippen molar-refractivity contribution in [1.82, 2.24) is 15.1 Å². The second kappa shape index (κ2) is 8.30. The molecule has 1 aliphatic rings. The summed E-state index contributed by atoms with van der Waals surface area (Å²) in [6.45, 7) is 0.438. The van der Waals surface area contributed by atoms with Crippen molar-refractivity contribution < 1.29 is 23.4 Å². The van der Waals surface area contributed by atoms with Gasteiger partial charge in [-0.3, -0.25) is 9.48 Å². The highest BCUT2D eigenvalue weighted by atomic mass is 19.1. The first-order valence-electron chi connectivity index (χ1n) is 9.93. The number of benzene rings is 2. The molecule has 8 heteroatoms. The van der Waals surface area contributed by atoms with E-state index in [0.717, 1.165) is 54.5 Å². The molecule has 1 aromatic heterocycles. The fraction of sp³-hybridized carbons (Fsp3) is 0.364. The Morgan fingerprint density at radius 2 is 1.90 bits per heavy atom. The van der Waals surface area contributed by atoms with Gasteiger partial charge < -0.3 is 15.2 Å². The molecule has 4 rings (SSSR count). The molecule has 2 N–H and O–H groups in total. The van der Waals surface area contributed by atoms with Gasteiger partial charge >= 0.3 is 0 Å². The number of hydrogen-bond donors (Lipinski definition) is 2. The number of methoxy groups -OCH3 is 1. The largest absolute Gasteiger partial charge is 0.503 e. The lowest BCUT2D eigenvalue weighted by Gasteiger charge is -2.28. The van der Waals surface area contributed by atoms with E-state index in [1.165, 1.54) is 0 Å². The van der Waals surface area contributed by atoms with Crippen LogP contribution in [0.3, 0.4) is 0 Å². The van der Waals surface area contributed by atoms with Gasteiger partial charge in [-0.2, -0.15) is 5.10 Å². The smallest absolute Gasteiger partial charge is 0.251 e. The number of fused-ring (bicyclic) bond motifs is 1. The maximum absolute atomic E-state index is 13.4. The lowest BCUT2D eigenvalue weighted by Crippen LogP contribution is -2.31. The first kappa shape index (κ1) is 20.1. The van der Waals surface area contributed by atoms with Crippen LogP contribution >= 0.6 is 0 Å². The van der Waals surface area contributed by atoms with Gasteiger partial charge in [-0.15, -0.1) is 0 Å². The number of phenols is 1. The number of aromatic nitrogens is 2. The molecule has 1 fully saturated rings. The number of ether oxygens (including phenoxy) is 1. The minimum Gasteiger partial charge on any atom is -0.503 e. The van der Waals surface area contributed by atoms with Crippen LogP contribution in [0.5, 0.6) is 11.5 Å². The molecule has 0 saturated heterocycles. The summed E-state index contributed by atoms with van der Waals surface area (Å²) in [5, 5.41) is 17.6. The van der Waals surface area contributed by atoms with Crippen molar-refractivity contribution in [3.63, 3.8) is 0 Å². The van der Waals surface area contributed by atoms with Crippen LogP contribution < -0.4 is 10.1 Å². The van der Waals surface area contributed by atoms with E-state index in [-0.39, 0.29) is 5.56 Å². The number of carbonyl (C=O) groups is 1. The molecule has 0 atom stereocenters. The van der Waals surface area contributed by atoms with E-state index < -0.39 is 23.3 Å². The topological polar surface area (TPSA) is 76.4 Å². The third-order valence-corrected chi connectivity index (χ3v) is 5.75. The Morgan fingerprint density at radius 1 is 1.20 bits per heavy atom. The van der Waals surface area contributed by atoms with Gasteiger partial charge in [-0.05, 0) is 61.9 Å². The van der Waals surface area contributed by atoms with Crippen LogP contribution in [-0.2, 0) is 0 Å². The van der Waals surface area contributed by atoms with Crippen molar-refractivity contribution in [2.45, 2.75) is 31.7 Å². The van der Waals surface area contributed by atoms with E-state index in [1.54, 1.807) is 7.11 Å². The fourth-order valence-electron chi connectivity index (χ4n) is 3.99. The number of amides is 1. The summed E-state index contributed by atoms with van der Waals surface area (Å²) < 4.78 is 34.1. The van der Waals surface area contributed by atoms with Crippen LogP contribution in [0.4, 0.5) is 8.78 Å². The quantitative estimate of drug-likeness (QED) is 0.655. The van der Waals surface area contributed by atoms with E-state index in [9.17, 15) is 13.6 Å². The molecule has 0 unspecified atom stereocenters. The second-order valence-corrected chi connectivity index (χ2v) is 7.71. The number of nitrogens with one attached hydrogen (secondary N) is 1. The van der Waals surface area contributed by atoms with Gasteiger partial charge in [0.1, 0.15) is 5.75 Å². The van der Waals surface area contributed by atoms with Crippen molar-refractivity contribution in [1.29, 1.82) is 0 Å². The summed E-state index contributed by atoms with van der Waals surface area (Å²) >= 11 is 0. The average Bonchev–Trinajstić information content (AvgIpc) is 3.19. The molecule has 1 aliphatic carbocycles. The van der Waals surface area contributed by atoms with Crippen LogP contribution in [0.15, 0.2) is 36.5 Å². The normalized spacial score (nSPS) is 19.0. The predicted octanol–water partition coefficient (Wildman–Crippen LogP) is 4.19. The summed E-state index contributed by atoms with van der Waals surface area (Å²) in [5.41, 5.74) is 0.786. The molecular formula is C22H23F2N3O3. The molecule has 3 aromatic rings. The van der Waals surface area contributed by atoms with E-state index in [2.05, 4.69) is 10.4 Å². The average molecular weight is 415 g/mol. The number of phenolic OH excluding ortho intramolecular Hbond substituents is 1. The van der Waals surface area contributed by atoms with Crippen LogP contribution in [0.1, 0.15) is 42.1 Å². The summed E-state index contributed by atoms with van der Waals surface area (Å²) in [4.78, 5) is 12.2. The molecule has 6 nitrogen and oxygen atoms in total. The first-order chi connectivity index (χ1) is 14.4. The summed E-state index contributed by atoms with van der Waals surface area (Å²) in [7, 11) is 1.64. The second-order valence-electron chi connectivity index (χ2n) is 7.71. The van der Waals surface area contributed by atoms with Gasteiger partial charge in [0.15, 0.2) is 17.4 Å². The van der Waals surface area contributed by atoms with Gasteiger partial charge in [-0.25, -0.2) is 8.78 Å². The number of nitrogens with zero attached hydrogens (tertiary/aromatic N) is 2. The van der Waals surface area contributed by atoms with E-state index in [1.807, 2.05) is 29.1 Å². The third kappa shape index (κ3) is 4.08. The molecular weight excluding hydrogens is 392 g/mol. The lowest BCUT2D eigenvalue weighted by molar-refractivity contribution is 0.0940. The van der Waals surface area contributed by atoms with Crippen molar-refractivity contribution in [3.05, 3.63) is 53.7 Å². The highest BCUT2D eigenvalue weighted by Gasteiger charge is 2.24. The highest BCUT2D eigenvalue weighted by molar-refractivity contribution is 5.94. The highest BCUT2D eigenvalue weighted by Crippen LogP contribution is 2.33. The molecule has 30 heavy (non-hydrogen) atoms. The maximum Gasteiger partial charge on any atom is 0.251 e. The molecule has 0 aliphatic heterocycles. The molecule has 0 spiro atoms. The van der Waals surface area contributed by atoms with Gasteiger partial charge in [0.2, 0.25) is 0 Å². The van der Waals surface area contributed by atoms with Crippen molar-refractivity contribution in [2.24, 2.45) is 5.92 Å². The fourth-order valence-corrected chi connectivity index (χ4v) is 3.99. The minimum atomic E-state index is -1.15. The van der Waals surface area contributed by atoms with Crippen LogP contribution in [0, 0.1) is 17.6 Å². The van der Waals surface area contributed by atoms with E-state index >= 15 is 0 Å². The lowest BCUT2D eigenvalue weighted by atomic mass is 9.86. The number of carbonyl (C=O) groups excluding carboxylic acids is 1. The molecule has 0 bridgehead atoms. The zero-order valence-corrected chi connectivity index (χ0v) is 16.6. The standard InChI is InChI=1S/C22H23F2N3O3/c1-30-17-6-7-20-15(8-17)12-27(26-20)16-4-2-13(3-5-16)11-25-22(29)14-9-18(23)21(28)19(24)10-14/h6-10,12-13,16,28H,2-5,11H2,1H3,(H,25,29). The Balaban J connectivity index is 1.32. The Hall–Kier alpha value is -3.16. The minimum absolute atomic E-state index is 0.143. The third-order valence-electron chi connectivity index (χ3n) is 5.75. The van der Waals surface area contributed by atoms with E-state index in [0.29, 0.717) is 18.5 Å². The first-order valence-corrected chi connectivity index (χ1v) is 9.93. The maximum atomic E-state index is 13.4. The van der Waals surface area contributed by atoms with Gasteiger partial charge in [0, 0.05) is 23.7 Å². The van der Waals surface area contributed by atoms with Crippen LogP contribution in [-0.4, -0.2) is 34.4 Å². The predicted molar refractivity (Wildman–Crippen MR) is 108 cm³/mol. The molecule has 1 saturated carbocycles. The van der Waals surface area contributed by atoms with Gasteiger partial charge in [0.25, 0.3) is 5.91 Å². The molecule has 0 radical (unpaired) electrons. The zero-order valence-electron chi connectivity index (χ0n) is 16.6. The Labute approximate surface area is 172 Å². The van der Waals surface area contributed by atoms with Crippen LogP contribution in [0.25, 0.3) is 10.9 Å². The van der Waals surface area contributed by atoms with Crippen molar-refractivity contribution in [3.8, 4) is 11.5 Å². The monoisotopic (exact) mass is 415 g/mol. The zero-order chi connectivity index (χ0) is 21.3. The number of rotatable bonds is 5. The van der Waals surface area contributed by atoms with Gasteiger partial charge in [-0.1, -0.05) is 0 Å². The molecule has 1 heterocycles. The Morgan fingerprint density at radius 3 is 2.57 bits per heavy atom. The number of aromatic hydroxyl groups is 1. The number of halogens is 2. The van der Waals surface area contributed by atoms with Crippen molar-refractivity contribution >= 4 is 16.8 Å². The summed E-state index contributed by atoms with van der Waals surface area (Å²) in [6, 6.07) is 7.78. The molecule has 158 valence electrons. The molecule has 1 amide bonds. The molecule has 2 aromatic carbocycles. The Bertz CT molecular complexity index is 1050. The summed E-state index contributed by atoms with van der Waals surface area (Å²) in [5.74, 6) is -2.83.